The molecule has 0 saturated heterocycles. The lowest BCUT2D eigenvalue weighted by Gasteiger charge is -2.19. The van der Waals surface area contributed by atoms with Crippen LogP contribution in [0, 0.1) is 5.82 Å². The van der Waals surface area contributed by atoms with E-state index in [4.69, 9.17) is 4.84 Å². The smallest absolute Gasteiger partial charge is 0.361 e. The summed E-state index contributed by atoms with van der Waals surface area (Å²) in [5.41, 5.74) is 2.72. The number of carbonyl (C=O) groups excluding carboxylic acids is 1. The monoisotopic (exact) mass is 330 g/mol. The molecule has 0 aliphatic heterocycles. The van der Waals surface area contributed by atoms with Gasteiger partial charge in [0.25, 0.3) is 0 Å². The Morgan fingerprint density at radius 3 is 2.78 bits per heavy atom. The van der Waals surface area contributed by atoms with Gasteiger partial charge in [-0.15, -0.1) is 11.3 Å². The van der Waals surface area contributed by atoms with Crippen LogP contribution in [0.3, 0.4) is 0 Å². The number of anilines is 2. The summed E-state index contributed by atoms with van der Waals surface area (Å²) in [6.45, 7) is 0. The summed E-state index contributed by atoms with van der Waals surface area (Å²) in [4.78, 5) is 26.9. The number of pyridine rings is 1. The van der Waals surface area contributed by atoms with Crippen molar-refractivity contribution in [3.63, 3.8) is 0 Å². The summed E-state index contributed by atoms with van der Waals surface area (Å²) < 4.78 is 13.5. The van der Waals surface area contributed by atoms with Crippen LogP contribution in [0.25, 0.3) is 0 Å². The standard InChI is InChI=1S/C15H11FN4O2S/c16-12-5-1-2-6-13(12)22-19-14(21)20(15-18-8-9-23-15)11-4-3-7-17-10-11/h1-10H,(H,19,21). The fourth-order valence-corrected chi connectivity index (χ4v) is 2.46. The van der Waals surface area contributed by atoms with Crippen LogP contribution in [0.5, 0.6) is 5.75 Å². The van der Waals surface area contributed by atoms with E-state index in [-0.39, 0.29) is 5.75 Å². The number of carbonyl (C=O) groups is 1. The van der Waals surface area contributed by atoms with Gasteiger partial charge in [-0.1, -0.05) is 12.1 Å². The van der Waals surface area contributed by atoms with E-state index in [0.717, 1.165) is 0 Å². The molecule has 0 unspecified atom stereocenters. The molecule has 0 spiro atoms. The van der Waals surface area contributed by atoms with Crippen molar-refractivity contribution in [2.75, 3.05) is 4.90 Å². The summed E-state index contributed by atoms with van der Waals surface area (Å²) in [7, 11) is 0. The van der Waals surface area contributed by atoms with Gasteiger partial charge in [-0.05, 0) is 24.3 Å². The van der Waals surface area contributed by atoms with Gasteiger partial charge in [-0.2, -0.15) is 5.48 Å². The molecular formula is C15H11FN4O2S. The van der Waals surface area contributed by atoms with Gasteiger partial charge in [-0.25, -0.2) is 19.1 Å². The van der Waals surface area contributed by atoms with E-state index >= 15 is 0 Å². The Morgan fingerprint density at radius 2 is 2.09 bits per heavy atom. The van der Waals surface area contributed by atoms with Crippen molar-refractivity contribution in [2.45, 2.75) is 0 Å². The molecule has 2 aromatic heterocycles. The van der Waals surface area contributed by atoms with Crippen LogP contribution in [0.15, 0.2) is 60.4 Å². The Morgan fingerprint density at radius 1 is 1.22 bits per heavy atom. The summed E-state index contributed by atoms with van der Waals surface area (Å²) in [5.74, 6) is -0.652. The van der Waals surface area contributed by atoms with Crippen molar-refractivity contribution in [3.8, 4) is 5.75 Å². The van der Waals surface area contributed by atoms with Crippen LogP contribution in [0.4, 0.5) is 20.0 Å². The Kier molecular flexibility index (Phi) is 4.44. The van der Waals surface area contributed by atoms with Gasteiger partial charge in [-0.3, -0.25) is 4.98 Å². The maximum Gasteiger partial charge on any atom is 0.361 e. The molecule has 3 aromatic rings. The van der Waals surface area contributed by atoms with Crippen molar-refractivity contribution in [2.24, 2.45) is 0 Å². The van der Waals surface area contributed by atoms with Crippen LogP contribution in [-0.2, 0) is 0 Å². The predicted octanol–water partition coefficient (Wildman–Crippen LogP) is 3.52. The van der Waals surface area contributed by atoms with Crippen molar-refractivity contribution in [1.29, 1.82) is 0 Å². The number of rotatable bonds is 4. The molecule has 0 radical (unpaired) electrons. The molecule has 0 saturated carbocycles. The second-order valence-corrected chi connectivity index (χ2v) is 5.17. The van der Waals surface area contributed by atoms with Crippen LogP contribution in [0.2, 0.25) is 0 Å². The molecular weight excluding hydrogens is 319 g/mol. The van der Waals surface area contributed by atoms with Crippen LogP contribution in [-0.4, -0.2) is 16.0 Å². The molecule has 0 bridgehead atoms. The zero-order valence-corrected chi connectivity index (χ0v) is 12.5. The maximum absolute atomic E-state index is 13.5. The highest BCUT2D eigenvalue weighted by atomic mass is 32.1. The average Bonchev–Trinajstić information content (AvgIpc) is 3.09. The molecule has 1 aromatic carbocycles. The maximum atomic E-state index is 13.5. The molecule has 1 N–H and O–H groups in total. The van der Waals surface area contributed by atoms with Crippen LogP contribution < -0.4 is 15.2 Å². The second kappa shape index (κ2) is 6.84. The minimum Gasteiger partial charge on any atom is -0.375 e. The number of aromatic nitrogens is 2. The lowest BCUT2D eigenvalue weighted by Crippen LogP contribution is -2.39. The Labute approximate surface area is 135 Å². The van der Waals surface area contributed by atoms with Crippen LogP contribution >= 0.6 is 11.3 Å². The second-order valence-electron chi connectivity index (χ2n) is 4.30. The average molecular weight is 330 g/mol. The molecule has 0 aliphatic rings. The number of nitrogens with one attached hydrogen (secondary N) is 1. The highest BCUT2D eigenvalue weighted by molar-refractivity contribution is 7.13. The first-order valence-corrected chi connectivity index (χ1v) is 7.44. The van der Waals surface area contributed by atoms with Gasteiger partial charge in [0.2, 0.25) is 0 Å². The van der Waals surface area contributed by atoms with Gasteiger partial charge >= 0.3 is 6.03 Å². The first-order valence-electron chi connectivity index (χ1n) is 6.56. The SMILES string of the molecule is O=C(NOc1ccccc1F)N(c1cccnc1)c1nccs1. The van der Waals surface area contributed by atoms with E-state index in [1.807, 2.05) is 0 Å². The quantitative estimate of drug-likeness (QED) is 0.743. The molecule has 23 heavy (non-hydrogen) atoms. The number of hydrogen-bond acceptors (Lipinski definition) is 5. The summed E-state index contributed by atoms with van der Waals surface area (Å²) >= 11 is 1.28. The normalized spacial score (nSPS) is 10.1. The fourth-order valence-electron chi connectivity index (χ4n) is 1.80. The van der Waals surface area contributed by atoms with Gasteiger partial charge in [0.15, 0.2) is 16.7 Å². The number of thiazole rings is 1. The topological polar surface area (TPSA) is 67.3 Å². The summed E-state index contributed by atoms with van der Waals surface area (Å²) in [6, 6.07) is 8.56. The molecule has 0 fully saturated rings. The fraction of sp³-hybridized carbons (Fsp3) is 0. The van der Waals surface area contributed by atoms with E-state index in [9.17, 15) is 9.18 Å². The van der Waals surface area contributed by atoms with Gasteiger partial charge in [0, 0.05) is 17.8 Å². The Hall–Kier alpha value is -3.00. The number of hydroxylamine groups is 1. The lowest BCUT2D eigenvalue weighted by molar-refractivity contribution is 0.180. The van der Waals surface area contributed by atoms with E-state index in [1.165, 1.54) is 40.6 Å². The first-order chi connectivity index (χ1) is 11.3. The highest BCUT2D eigenvalue weighted by Gasteiger charge is 2.21. The third-order valence-corrected chi connectivity index (χ3v) is 3.56. The largest absolute Gasteiger partial charge is 0.375 e. The number of halogens is 1. The minimum atomic E-state index is -0.615. The molecule has 8 heteroatoms. The highest BCUT2D eigenvalue weighted by Crippen LogP contribution is 2.26. The number of para-hydroxylation sites is 1. The van der Waals surface area contributed by atoms with Crippen molar-refractivity contribution in [1.82, 2.24) is 15.4 Å². The minimum absolute atomic E-state index is 0.0777. The van der Waals surface area contributed by atoms with Gasteiger partial charge in [0.05, 0.1) is 11.9 Å². The lowest BCUT2D eigenvalue weighted by atomic mass is 10.3. The third kappa shape index (κ3) is 3.43. The summed E-state index contributed by atoms with van der Waals surface area (Å²) in [6.07, 6.45) is 4.69. The molecule has 2 heterocycles. The van der Waals surface area contributed by atoms with E-state index in [1.54, 1.807) is 36.0 Å². The number of nitrogens with zero attached hydrogens (tertiary/aromatic N) is 3. The van der Waals surface area contributed by atoms with E-state index < -0.39 is 11.8 Å². The van der Waals surface area contributed by atoms with Crippen molar-refractivity contribution >= 4 is 28.2 Å². The zero-order valence-electron chi connectivity index (χ0n) is 11.7. The van der Waals surface area contributed by atoms with Crippen LogP contribution in [0.1, 0.15) is 0 Å². The first kappa shape index (κ1) is 14.9. The molecule has 2 amide bonds. The molecule has 6 nitrogen and oxygen atoms in total. The molecule has 0 atom stereocenters. The van der Waals surface area contributed by atoms with Gasteiger partial charge in [0.1, 0.15) is 0 Å². The van der Waals surface area contributed by atoms with Gasteiger partial charge < -0.3 is 4.84 Å². The Balaban J connectivity index is 1.80. The predicted molar refractivity (Wildman–Crippen MR) is 84.0 cm³/mol. The molecule has 116 valence electrons. The zero-order chi connectivity index (χ0) is 16.1. The Bertz CT molecular complexity index is 783. The number of benzene rings is 1. The van der Waals surface area contributed by atoms with E-state index in [2.05, 4.69) is 15.4 Å². The number of amides is 2. The van der Waals surface area contributed by atoms with E-state index in [0.29, 0.717) is 10.8 Å². The molecule has 3 rings (SSSR count). The number of hydrogen-bond donors (Lipinski definition) is 1. The molecule has 0 aliphatic carbocycles. The van der Waals surface area contributed by atoms with Crippen molar-refractivity contribution < 1.29 is 14.0 Å². The van der Waals surface area contributed by atoms with Crippen molar-refractivity contribution in [3.05, 3.63) is 66.2 Å². The number of urea groups is 1. The summed E-state index contributed by atoms with van der Waals surface area (Å²) in [5, 5.41) is 2.18. The third-order valence-electron chi connectivity index (χ3n) is 2.80.